The topological polar surface area (TPSA) is 114 Å². The molecule has 0 bridgehead atoms. The first-order chi connectivity index (χ1) is 14.4. The molecule has 0 amide bonds. The van der Waals surface area contributed by atoms with Crippen molar-refractivity contribution in [1.82, 2.24) is 14.9 Å². The average molecular weight is 452 g/mol. The zero-order chi connectivity index (χ0) is 23.1. The van der Waals surface area contributed by atoms with Crippen LogP contribution in [0.5, 0.6) is 5.75 Å². The number of carbonyl (C=O) groups is 1. The fraction of sp³-hybridized carbons (Fsp3) is 0.211. The Morgan fingerprint density at radius 1 is 1.39 bits per heavy atom. The van der Waals surface area contributed by atoms with E-state index in [-0.39, 0.29) is 5.75 Å². The van der Waals surface area contributed by atoms with Crippen LogP contribution in [0.1, 0.15) is 18.3 Å². The van der Waals surface area contributed by atoms with Gasteiger partial charge >= 0.3 is 5.97 Å². The summed E-state index contributed by atoms with van der Waals surface area (Å²) in [5, 5.41) is 22.0. The number of aliphatic carboxylic acids is 1. The maximum absolute atomic E-state index is 14.1. The molecule has 8 nitrogen and oxygen atoms in total. The zero-order valence-corrected chi connectivity index (χ0v) is 17.4. The highest BCUT2D eigenvalue weighted by Crippen LogP contribution is 2.31. The van der Waals surface area contributed by atoms with Crippen molar-refractivity contribution in [2.75, 3.05) is 0 Å². The molecular formula is C19H17BClF2N3O5. The number of hydrogen-bond donors (Lipinski definition) is 3. The van der Waals surface area contributed by atoms with Gasteiger partial charge in [-0.05, 0) is 25.5 Å². The number of halogens is 3. The molecule has 2 aromatic heterocycles. The lowest BCUT2D eigenvalue weighted by atomic mass is 9.90. The van der Waals surface area contributed by atoms with Crippen LogP contribution in [0.15, 0.2) is 41.0 Å². The number of dihydropyridines is 1. The van der Waals surface area contributed by atoms with Gasteiger partial charge in [-0.25, -0.2) is 18.6 Å². The Morgan fingerprint density at radius 2 is 2.06 bits per heavy atom. The average Bonchev–Trinajstić information content (AvgIpc) is 2.66. The number of carboxylic acids is 1. The predicted molar refractivity (Wildman–Crippen MR) is 110 cm³/mol. The second-order valence-electron chi connectivity index (χ2n) is 7.04. The molecule has 0 saturated heterocycles. The lowest BCUT2D eigenvalue weighted by Crippen LogP contribution is -2.37. The van der Waals surface area contributed by atoms with Crippen LogP contribution in [0, 0.1) is 18.6 Å². The highest BCUT2D eigenvalue weighted by molar-refractivity contribution is 6.32. The van der Waals surface area contributed by atoms with Crippen molar-refractivity contribution in [3.63, 3.8) is 0 Å². The van der Waals surface area contributed by atoms with Gasteiger partial charge in [-0.1, -0.05) is 11.6 Å². The molecule has 0 spiro atoms. The molecule has 3 heterocycles. The van der Waals surface area contributed by atoms with Crippen LogP contribution in [-0.4, -0.2) is 39.6 Å². The van der Waals surface area contributed by atoms with E-state index < -0.39 is 45.6 Å². The summed E-state index contributed by atoms with van der Waals surface area (Å²) in [6.07, 6.45) is 3.53. The van der Waals surface area contributed by atoms with Crippen LogP contribution in [0.3, 0.4) is 0 Å². The summed E-state index contributed by atoms with van der Waals surface area (Å²) in [5.41, 5.74) is -2.53. The summed E-state index contributed by atoms with van der Waals surface area (Å²) < 4.78 is 33.7. The molecular weight excluding hydrogens is 434 g/mol. The molecule has 3 rings (SSSR count). The van der Waals surface area contributed by atoms with Gasteiger partial charge in [0.2, 0.25) is 13.5 Å². The Hall–Kier alpha value is -3.18. The highest BCUT2D eigenvalue weighted by Gasteiger charge is 2.33. The van der Waals surface area contributed by atoms with Crippen molar-refractivity contribution < 1.29 is 28.5 Å². The van der Waals surface area contributed by atoms with Gasteiger partial charge in [0.1, 0.15) is 28.3 Å². The number of rotatable bonds is 5. The van der Waals surface area contributed by atoms with Gasteiger partial charge in [0.25, 0.3) is 5.56 Å². The smallest absolute Gasteiger partial charge is 0.330 e. The minimum absolute atomic E-state index is 0.262. The van der Waals surface area contributed by atoms with Crippen LogP contribution < -0.4 is 15.6 Å². The molecule has 3 N–H and O–H groups in total. The third-order valence-electron chi connectivity index (χ3n) is 4.57. The molecule has 2 atom stereocenters. The van der Waals surface area contributed by atoms with Crippen LogP contribution >= 0.6 is 11.6 Å². The zero-order valence-electron chi connectivity index (χ0n) is 16.6. The standard InChI is InChI=1S/C19H17BClF2N3O5/c1-8-6-24-12(18(28)29)5-13(8)26-9(2)3-14(15(21)17(26)27)31-19(20,30)16-11(23)4-10(22)7-25-16/h3-7,12,24,30H,20H2,1-2H3,(H,28,29)/t12-,19?/m1/s1. The molecule has 0 aliphatic carbocycles. The molecule has 0 aromatic carbocycles. The van der Waals surface area contributed by atoms with Crippen molar-refractivity contribution in [1.29, 1.82) is 0 Å². The molecule has 12 heteroatoms. The summed E-state index contributed by atoms with van der Waals surface area (Å²) in [5.74, 6) is -3.48. The van der Waals surface area contributed by atoms with E-state index in [9.17, 15) is 28.6 Å². The van der Waals surface area contributed by atoms with Crippen LogP contribution in [0.2, 0.25) is 5.02 Å². The van der Waals surface area contributed by atoms with Gasteiger partial charge in [-0.2, -0.15) is 0 Å². The summed E-state index contributed by atoms with van der Waals surface area (Å²) in [6.45, 7) is 3.22. The minimum atomic E-state index is -2.37. The maximum Gasteiger partial charge on any atom is 0.330 e. The summed E-state index contributed by atoms with van der Waals surface area (Å²) >= 11 is 6.17. The van der Waals surface area contributed by atoms with Crippen LogP contribution in [0.25, 0.3) is 5.70 Å². The summed E-state index contributed by atoms with van der Waals surface area (Å²) in [6, 6.07) is 0.807. The van der Waals surface area contributed by atoms with E-state index in [0.717, 1.165) is 7.85 Å². The number of aryl methyl sites for hydroxylation is 1. The number of nitrogens with one attached hydrogen (secondary N) is 1. The van der Waals surface area contributed by atoms with Gasteiger partial charge < -0.3 is 20.3 Å². The first-order valence-corrected chi connectivity index (χ1v) is 9.33. The van der Waals surface area contributed by atoms with E-state index in [2.05, 4.69) is 10.3 Å². The monoisotopic (exact) mass is 451 g/mol. The van der Waals surface area contributed by atoms with Crippen molar-refractivity contribution in [2.24, 2.45) is 0 Å². The Balaban J connectivity index is 2.05. The maximum atomic E-state index is 14.1. The molecule has 2 aromatic rings. The van der Waals surface area contributed by atoms with Gasteiger partial charge in [0.15, 0.2) is 5.82 Å². The van der Waals surface area contributed by atoms with E-state index in [1.807, 2.05) is 0 Å². The first kappa shape index (κ1) is 22.5. The van der Waals surface area contributed by atoms with Crippen molar-refractivity contribution in [3.8, 4) is 5.75 Å². The summed E-state index contributed by atoms with van der Waals surface area (Å²) in [4.78, 5) is 27.8. The number of aliphatic hydroxyl groups is 1. The summed E-state index contributed by atoms with van der Waals surface area (Å²) in [7, 11) is 1.06. The molecule has 0 fully saturated rings. The molecule has 0 saturated carbocycles. The third kappa shape index (κ3) is 4.33. The SMILES string of the molecule is BC(O)(Oc1cc(C)n(C2=C[C@H](C(=O)O)NC=C2C)c(=O)c1Cl)c1ncc(F)cc1F. The molecule has 162 valence electrons. The van der Waals surface area contributed by atoms with Gasteiger partial charge in [-0.15, -0.1) is 0 Å². The second kappa shape index (κ2) is 8.16. The van der Waals surface area contributed by atoms with Gasteiger partial charge in [0, 0.05) is 24.0 Å². The van der Waals surface area contributed by atoms with Crippen LogP contribution in [-0.2, 0) is 10.5 Å². The van der Waals surface area contributed by atoms with E-state index >= 15 is 0 Å². The molecule has 0 radical (unpaired) electrons. The molecule has 1 unspecified atom stereocenters. The van der Waals surface area contributed by atoms with Gasteiger partial charge in [-0.3, -0.25) is 9.36 Å². The Bertz CT molecular complexity index is 1200. The third-order valence-corrected chi connectivity index (χ3v) is 4.92. The molecule has 1 aliphatic heterocycles. The lowest BCUT2D eigenvalue weighted by Gasteiger charge is -2.27. The van der Waals surface area contributed by atoms with Crippen molar-refractivity contribution in [2.45, 2.75) is 25.6 Å². The first-order valence-electron chi connectivity index (χ1n) is 8.95. The Labute approximate surface area is 180 Å². The Morgan fingerprint density at radius 3 is 2.68 bits per heavy atom. The fourth-order valence-electron chi connectivity index (χ4n) is 3.09. The van der Waals surface area contributed by atoms with E-state index in [0.29, 0.717) is 29.2 Å². The number of carboxylic acid groups (broad SMARTS) is 1. The quantitative estimate of drug-likeness (QED) is 0.461. The highest BCUT2D eigenvalue weighted by atomic mass is 35.5. The van der Waals surface area contributed by atoms with Crippen LogP contribution in [0.4, 0.5) is 8.78 Å². The number of ether oxygens (including phenoxy) is 1. The minimum Gasteiger partial charge on any atom is -0.479 e. The normalized spacial score (nSPS) is 17.8. The largest absolute Gasteiger partial charge is 0.479 e. The molecule has 31 heavy (non-hydrogen) atoms. The number of nitrogens with zero attached hydrogens (tertiary/aromatic N) is 2. The number of pyridine rings is 2. The Kier molecular flexibility index (Phi) is 5.92. The number of aromatic nitrogens is 2. The molecule has 1 aliphatic rings. The van der Waals surface area contributed by atoms with Crippen molar-refractivity contribution >= 4 is 31.1 Å². The van der Waals surface area contributed by atoms with Gasteiger partial charge in [0.05, 0.1) is 11.9 Å². The van der Waals surface area contributed by atoms with E-state index in [1.165, 1.54) is 22.9 Å². The lowest BCUT2D eigenvalue weighted by molar-refractivity contribution is -0.137. The number of hydrogen-bond acceptors (Lipinski definition) is 6. The predicted octanol–water partition coefficient (Wildman–Crippen LogP) is 1.10. The van der Waals surface area contributed by atoms with E-state index in [1.54, 1.807) is 13.8 Å². The van der Waals surface area contributed by atoms with E-state index in [4.69, 9.17) is 16.3 Å². The van der Waals surface area contributed by atoms with Crippen molar-refractivity contribution in [3.05, 3.63) is 74.6 Å². The number of allylic oxidation sites excluding steroid dienone is 2. The second-order valence-corrected chi connectivity index (χ2v) is 7.41. The fourth-order valence-corrected chi connectivity index (χ4v) is 3.27.